The van der Waals surface area contributed by atoms with E-state index in [0.29, 0.717) is 11.3 Å². The van der Waals surface area contributed by atoms with Gasteiger partial charge in [0.15, 0.2) is 0 Å². The number of thiophene rings is 1. The topological polar surface area (TPSA) is 66.4 Å². The minimum absolute atomic E-state index is 0.151. The van der Waals surface area contributed by atoms with Gasteiger partial charge in [-0.25, -0.2) is 4.79 Å². The van der Waals surface area contributed by atoms with E-state index < -0.39 is 5.97 Å². The normalized spacial score (nSPS) is 10.2. The first-order chi connectivity index (χ1) is 8.97. The van der Waals surface area contributed by atoms with Crippen molar-refractivity contribution in [2.24, 2.45) is 0 Å². The highest BCUT2D eigenvalue weighted by Crippen LogP contribution is 2.27. The molecule has 98 valence electrons. The van der Waals surface area contributed by atoms with E-state index in [9.17, 15) is 9.59 Å². The summed E-state index contributed by atoms with van der Waals surface area (Å²) in [7, 11) is 0. The molecule has 0 fully saturated rings. The Bertz CT molecular complexity index is 629. The van der Waals surface area contributed by atoms with Crippen molar-refractivity contribution in [3.05, 3.63) is 51.2 Å². The van der Waals surface area contributed by atoms with Gasteiger partial charge in [0.25, 0.3) is 5.91 Å². The monoisotopic (exact) mass is 275 g/mol. The van der Waals surface area contributed by atoms with Gasteiger partial charge in [-0.1, -0.05) is 17.7 Å². The first-order valence-corrected chi connectivity index (χ1v) is 6.51. The molecule has 1 aromatic heterocycles. The van der Waals surface area contributed by atoms with Crippen molar-refractivity contribution in [2.75, 3.05) is 5.32 Å². The number of carbonyl (C=O) groups is 2. The SMILES string of the molecule is Cc1ccc(C(=O)Nc2cc(C)sc2C(=O)O)cc1. The molecular weight excluding hydrogens is 262 g/mol. The van der Waals surface area contributed by atoms with Crippen molar-refractivity contribution in [1.29, 1.82) is 0 Å². The molecule has 2 N–H and O–H groups in total. The Morgan fingerprint density at radius 3 is 2.37 bits per heavy atom. The van der Waals surface area contributed by atoms with Gasteiger partial charge in [-0.15, -0.1) is 11.3 Å². The molecule has 0 aliphatic rings. The highest BCUT2D eigenvalue weighted by molar-refractivity contribution is 7.14. The molecule has 0 unspecified atom stereocenters. The fraction of sp³-hybridized carbons (Fsp3) is 0.143. The zero-order valence-electron chi connectivity index (χ0n) is 10.6. The van der Waals surface area contributed by atoms with Crippen LogP contribution in [0.25, 0.3) is 0 Å². The summed E-state index contributed by atoms with van der Waals surface area (Å²) in [5.41, 5.74) is 1.92. The third-order valence-corrected chi connectivity index (χ3v) is 3.65. The van der Waals surface area contributed by atoms with Crippen molar-refractivity contribution >= 4 is 28.9 Å². The fourth-order valence-electron chi connectivity index (χ4n) is 1.67. The molecule has 0 atom stereocenters. The van der Waals surface area contributed by atoms with Crippen LogP contribution in [-0.4, -0.2) is 17.0 Å². The number of anilines is 1. The van der Waals surface area contributed by atoms with Crippen LogP contribution in [0.5, 0.6) is 0 Å². The second-order valence-electron chi connectivity index (χ2n) is 4.23. The van der Waals surface area contributed by atoms with Gasteiger partial charge in [-0.2, -0.15) is 0 Å². The van der Waals surface area contributed by atoms with Gasteiger partial charge < -0.3 is 10.4 Å². The molecule has 5 heteroatoms. The van der Waals surface area contributed by atoms with E-state index >= 15 is 0 Å². The van der Waals surface area contributed by atoms with Crippen LogP contribution < -0.4 is 5.32 Å². The molecule has 1 amide bonds. The lowest BCUT2D eigenvalue weighted by atomic mass is 10.1. The summed E-state index contributed by atoms with van der Waals surface area (Å²) in [6.45, 7) is 3.74. The van der Waals surface area contributed by atoms with Crippen LogP contribution in [0.4, 0.5) is 5.69 Å². The zero-order valence-corrected chi connectivity index (χ0v) is 11.4. The van der Waals surface area contributed by atoms with E-state index in [1.807, 2.05) is 19.1 Å². The molecule has 0 bridgehead atoms. The van der Waals surface area contributed by atoms with E-state index in [1.54, 1.807) is 25.1 Å². The number of aryl methyl sites for hydroxylation is 2. The molecule has 0 aliphatic heterocycles. The molecular formula is C14H13NO3S. The number of rotatable bonds is 3. The lowest BCUT2D eigenvalue weighted by molar-refractivity contribution is 0.0703. The van der Waals surface area contributed by atoms with E-state index in [1.165, 1.54) is 0 Å². The van der Waals surface area contributed by atoms with E-state index in [0.717, 1.165) is 21.8 Å². The van der Waals surface area contributed by atoms with Crippen LogP contribution in [0, 0.1) is 13.8 Å². The summed E-state index contributed by atoms with van der Waals surface area (Å²) >= 11 is 1.15. The Hall–Kier alpha value is -2.14. The van der Waals surface area contributed by atoms with Crippen LogP contribution in [0.1, 0.15) is 30.5 Å². The summed E-state index contributed by atoms with van der Waals surface area (Å²) in [6.07, 6.45) is 0. The van der Waals surface area contributed by atoms with Crippen molar-refractivity contribution in [2.45, 2.75) is 13.8 Å². The smallest absolute Gasteiger partial charge is 0.348 e. The van der Waals surface area contributed by atoms with E-state index in [4.69, 9.17) is 5.11 Å². The van der Waals surface area contributed by atoms with Crippen LogP contribution >= 0.6 is 11.3 Å². The van der Waals surface area contributed by atoms with Gasteiger partial charge in [0.2, 0.25) is 0 Å². The number of nitrogens with one attached hydrogen (secondary N) is 1. The van der Waals surface area contributed by atoms with Gasteiger partial charge in [-0.05, 0) is 32.0 Å². The molecule has 1 heterocycles. The second kappa shape index (κ2) is 5.24. The highest BCUT2D eigenvalue weighted by atomic mass is 32.1. The number of hydrogen-bond donors (Lipinski definition) is 2. The number of hydrogen-bond acceptors (Lipinski definition) is 3. The van der Waals surface area contributed by atoms with Gasteiger partial charge in [-0.3, -0.25) is 4.79 Å². The maximum Gasteiger partial charge on any atom is 0.348 e. The van der Waals surface area contributed by atoms with Crippen LogP contribution in [-0.2, 0) is 0 Å². The van der Waals surface area contributed by atoms with E-state index in [-0.39, 0.29) is 10.8 Å². The molecule has 0 saturated heterocycles. The molecule has 4 nitrogen and oxygen atoms in total. The molecule has 1 aromatic carbocycles. The molecule has 2 rings (SSSR count). The molecule has 0 radical (unpaired) electrons. The number of carboxylic acids is 1. The Kier molecular flexibility index (Phi) is 3.66. The minimum Gasteiger partial charge on any atom is -0.477 e. The van der Waals surface area contributed by atoms with Gasteiger partial charge in [0, 0.05) is 10.4 Å². The van der Waals surface area contributed by atoms with Gasteiger partial charge in [0.1, 0.15) is 4.88 Å². The predicted octanol–water partition coefficient (Wildman–Crippen LogP) is 3.32. The minimum atomic E-state index is -1.03. The first kappa shape index (κ1) is 13.3. The van der Waals surface area contributed by atoms with Crippen molar-refractivity contribution in [3.63, 3.8) is 0 Å². The number of amides is 1. The third kappa shape index (κ3) is 3.00. The molecule has 0 aliphatic carbocycles. The number of carbonyl (C=O) groups excluding carboxylic acids is 1. The molecule has 0 spiro atoms. The van der Waals surface area contributed by atoms with Crippen LogP contribution in [0.3, 0.4) is 0 Å². The summed E-state index contributed by atoms with van der Waals surface area (Å²) < 4.78 is 0. The fourth-order valence-corrected chi connectivity index (χ4v) is 2.47. The number of carboxylic acid groups (broad SMARTS) is 1. The lowest BCUT2D eigenvalue weighted by Crippen LogP contribution is -2.13. The maximum atomic E-state index is 12.0. The molecule has 19 heavy (non-hydrogen) atoms. The van der Waals surface area contributed by atoms with Crippen molar-refractivity contribution in [1.82, 2.24) is 0 Å². The summed E-state index contributed by atoms with van der Waals surface area (Å²) in [5, 5.41) is 11.7. The summed E-state index contributed by atoms with van der Waals surface area (Å²) in [4.78, 5) is 24.1. The third-order valence-electron chi connectivity index (χ3n) is 2.61. The summed E-state index contributed by atoms with van der Waals surface area (Å²) in [6, 6.07) is 8.77. The predicted molar refractivity (Wildman–Crippen MR) is 75.1 cm³/mol. The Labute approximate surface area is 114 Å². The van der Waals surface area contributed by atoms with Crippen molar-refractivity contribution in [3.8, 4) is 0 Å². The van der Waals surface area contributed by atoms with Crippen LogP contribution in [0.2, 0.25) is 0 Å². The highest BCUT2D eigenvalue weighted by Gasteiger charge is 2.16. The second-order valence-corrected chi connectivity index (χ2v) is 5.48. The standard InChI is InChI=1S/C14H13NO3S/c1-8-3-5-10(6-4-8)13(16)15-11-7-9(2)19-12(11)14(17)18/h3-7H,1-2H3,(H,15,16)(H,17,18). The Balaban J connectivity index is 2.24. The average molecular weight is 275 g/mol. The molecule has 2 aromatic rings. The van der Waals surface area contributed by atoms with Crippen molar-refractivity contribution < 1.29 is 14.7 Å². The molecule has 0 saturated carbocycles. The number of benzene rings is 1. The quantitative estimate of drug-likeness (QED) is 0.903. The summed E-state index contributed by atoms with van der Waals surface area (Å²) in [5.74, 6) is -1.34. The largest absolute Gasteiger partial charge is 0.477 e. The Morgan fingerprint density at radius 2 is 1.79 bits per heavy atom. The Morgan fingerprint density at radius 1 is 1.16 bits per heavy atom. The number of aromatic carboxylic acids is 1. The average Bonchev–Trinajstić information content (AvgIpc) is 2.71. The van der Waals surface area contributed by atoms with Gasteiger partial charge in [0.05, 0.1) is 5.69 Å². The maximum absolute atomic E-state index is 12.0. The lowest BCUT2D eigenvalue weighted by Gasteiger charge is -2.04. The zero-order chi connectivity index (χ0) is 14.0. The van der Waals surface area contributed by atoms with Crippen LogP contribution in [0.15, 0.2) is 30.3 Å². The van der Waals surface area contributed by atoms with E-state index in [2.05, 4.69) is 5.32 Å². The van der Waals surface area contributed by atoms with Gasteiger partial charge >= 0.3 is 5.97 Å². The first-order valence-electron chi connectivity index (χ1n) is 5.69.